The van der Waals surface area contributed by atoms with Crippen LogP contribution in [0.5, 0.6) is 0 Å². The Morgan fingerprint density at radius 1 is 1.08 bits per heavy atom. The summed E-state index contributed by atoms with van der Waals surface area (Å²) in [5, 5.41) is 2.61. The van der Waals surface area contributed by atoms with Crippen molar-refractivity contribution in [3.8, 4) is 11.1 Å². The summed E-state index contributed by atoms with van der Waals surface area (Å²) in [4.78, 5) is 23.9. The van der Waals surface area contributed by atoms with Crippen LogP contribution in [0.3, 0.4) is 0 Å². The van der Waals surface area contributed by atoms with Crippen molar-refractivity contribution in [2.45, 2.75) is 26.4 Å². The molecule has 2 aromatic carbocycles. The van der Waals surface area contributed by atoms with Crippen molar-refractivity contribution in [2.75, 3.05) is 0 Å². The molecule has 1 atom stereocenters. The molecular weight excluding hydrogens is 314 g/mol. The molecule has 1 amide bonds. The first-order chi connectivity index (χ1) is 12.0. The highest BCUT2D eigenvalue weighted by Gasteiger charge is 2.32. The van der Waals surface area contributed by atoms with Crippen LogP contribution in [0.2, 0.25) is 0 Å². The molecule has 0 aromatic heterocycles. The standard InChI is InChI=1S/C21H21NO3/c1-14(2)20-21(24)22-19(25-20)13-18(23)12-15-8-10-17(11-9-15)16-6-4-3-5-7-16/h3-11,13-14,20H,12H2,1-2H3,(H,22,24)/b19-13+. The Kier molecular flexibility index (Phi) is 4.98. The van der Waals surface area contributed by atoms with E-state index in [1.807, 2.05) is 56.3 Å². The van der Waals surface area contributed by atoms with Crippen molar-refractivity contribution >= 4 is 11.7 Å². The van der Waals surface area contributed by atoms with Crippen molar-refractivity contribution in [1.29, 1.82) is 0 Å². The number of allylic oxidation sites excluding steroid dienone is 1. The van der Waals surface area contributed by atoms with E-state index in [1.54, 1.807) is 0 Å². The average molecular weight is 335 g/mol. The first-order valence-corrected chi connectivity index (χ1v) is 8.39. The van der Waals surface area contributed by atoms with Crippen molar-refractivity contribution in [2.24, 2.45) is 5.92 Å². The van der Waals surface area contributed by atoms with Crippen LogP contribution in [0.1, 0.15) is 19.4 Å². The average Bonchev–Trinajstić information content (AvgIpc) is 2.96. The second-order valence-corrected chi connectivity index (χ2v) is 6.49. The summed E-state index contributed by atoms with van der Waals surface area (Å²) < 4.78 is 5.50. The van der Waals surface area contributed by atoms with Crippen LogP contribution >= 0.6 is 0 Å². The van der Waals surface area contributed by atoms with E-state index in [-0.39, 0.29) is 29.9 Å². The summed E-state index contributed by atoms with van der Waals surface area (Å²) >= 11 is 0. The van der Waals surface area contributed by atoms with E-state index >= 15 is 0 Å². The maximum absolute atomic E-state index is 12.2. The molecule has 0 bridgehead atoms. The molecule has 0 radical (unpaired) electrons. The van der Waals surface area contributed by atoms with Crippen LogP contribution in [0.25, 0.3) is 11.1 Å². The van der Waals surface area contributed by atoms with Crippen LogP contribution in [0, 0.1) is 5.92 Å². The summed E-state index contributed by atoms with van der Waals surface area (Å²) in [6, 6.07) is 18.0. The van der Waals surface area contributed by atoms with Gasteiger partial charge in [-0.1, -0.05) is 68.4 Å². The van der Waals surface area contributed by atoms with Crippen LogP contribution in [0.4, 0.5) is 0 Å². The summed E-state index contributed by atoms with van der Waals surface area (Å²) in [6.45, 7) is 3.81. The Balaban J connectivity index is 1.64. The molecule has 128 valence electrons. The Labute approximate surface area is 147 Å². The van der Waals surface area contributed by atoms with E-state index in [0.29, 0.717) is 0 Å². The number of hydrogen-bond donors (Lipinski definition) is 1. The largest absolute Gasteiger partial charge is 0.465 e. The molecule has 1 heterocycles. The van der Waals surface area contributed by atoms with Gasteiger partial charge < -0.3 is 4.74 Å². The molecule has 4 heteroatoms. The van der Waals surface area contributed by atoms with Gasteiger partial charge >= 0.3 is 0 Å². The number of rotatable bonds is 5. The zero-order valence-electron chi connectivity index (χ0n) is 14.4. The Morgan fingerprint density at radius 3 is 2.32 bits per heavy atom. The van der Waals surface area contributed by atoms with Crippen LogP contribution in [-0.4, -0.2) is 17.8 Å². The zero-order chi connectivity index (χ0) is 17.8. The number of ether oxygens (including phenoxy) is 1. The van der Waals surface area contributed by atoms with Gasteiger partial charge in [-0.15, -0.1) is 0 Å². The van der Waals surface area contributed by atoms with Crippen LogP contribution < -0.4 is 5.32 Å². The lowest BCUT2D eigenvalue weighted by Gasteiger charge is -2.10. The van der Waals surface area contributed by atoms with Crippen molar-refractivity contribution in [3.05, 3.63) is 72.1 Å². The third-order valence-corrected chi connectivity index (χ3v) is 4.10. The monoisotopic (exact) mass is 335 g/mol. The van der Waals surface area contributed by atoms with Gasteiger partial charge in [0.2, 0.25) is 0 Å². The van der Waals surface area contributed by atoms with Gasteiger partial charge in [0.1, 0.15) is 0 Å². The second kappa shape index (κ2) is 7.34. The number of nitrogens with one attached hydrogen (secondary N) is 1. The van der Waals surface area contributed by atoms with E-state index < -0.39 is 6.10 Å². The number of carbonyl (C=O) groups excluding carboxylic acids is 2. The molecule has 3 rings (SSSR count). The molecule has 1 unspecified atom stereocenters. The summed E-state index contributed by atoms with van der Waals surface area (Å²) in [6.07, 6.45) is 1.11. The van der Waals surface area contributed by atoms with Gasteiger partial charge in [-0.2, -0.15) is 0 Å². The Hall–Kier alpha value is -2.88. The Morgan fingerprint density at radius 2 is 1.72 bits per heavy atom. The normalized spacial score (nSPS) is 18.3. The number of benzene rings is 2. The molecule has 1 aliphatic rings. The number of carbonyl (C=O) groups is 2. The van der Waals surface area contributed by atoms with E-state index in [2.05, 4.69) is 17.4 Å². The van der Waals surface area contributed by atoms with Gasteiger partial charge in [0, 0.05) is 12.5 Å². The minimum absolute atomic E-state index is 0.0616. The molecule has 0 spiro atoms. The molecule has 0 aliphatic carbocycles. The predicted molar refractivity (Wildman–Crippen MR) is 96.5 cm³/mol. The first kappa shape index (κ1) is 17.0. The van der Waals surface area contributed by atoms with E-state index in [1.165, 1.54) is 6.08 Å². The molecular formula is C21H21NO3. The molecule has 2 aromatic rings. The SMILES string of the molecule is CC(C)C1O/C(=C/C(=O)Cc2ccc(-c3ccccc3)cc2)NC1=O. The smallest absolute Gasteiger partial charge is 0.268 e. The molecule has 1 saturated heterocycles. The van der Waals surface area contributed by atoms with Crippen LogP contribution in [-0.2, 0) is 20.7 Å². The van der Waals surface area contributed by atoms with Gasteiger partial charge in [-0.05, 0) is 22.6 Å². The highest BCUT2D eigenvalue weighted by Crippen LogP contribution is 2.20. The number of hydrogen-bond acceptors (Lipinski definition) is 3. The lowest BCUT2D eigenvalue weighted by atomic mass is 10.0. The minimum Gasteiger partial charge on any atom is -0.465 e. The molecule has 1 fully saturated rings. The third kappa shape index (κ3) is 4.15. The highest BCUT2D eigenvalue weighted by atomic mass is 16.5. The van der Waals surface area contributed by atoms with Crippen molar-refractivity contribution in [3.63, 3.8) is 0 Å². The molecule has 1 aliphatic heterocycles. The fourth-order valence-electron chi connectivity index (χ4n) is 2.77. The molecule has 25 heavy (non-hydrogen) atoms. The van der Waals surface area contributed by atoms with Crippen LogP contribution in [0.15, 0.2) is 66.6 Å². The summed E-state index contributed by atoms with van der Waals surface area (Å²) in [5.74, 6) is 0.00886. The van der Waals surface area contributed by atoms with Crippen molar-refractivity contribution in [1.82, 2.24) is 5.32 Å². The molecule has 4 nitrogen and oxygen atoms in total. The Bertz CT molecular complexity index is 792. The topological polar surface area (TPSA) is 55.4 Å². The van der Waals surface area contributed by atoms with Gasteiger partial charge in [0.25, 0.3) is 5.91 Å². The lowest BCUT2D eigenvalue weighted by molar-refractivity contribution is -0.125. The maximum Gasteiger partial charge on any atom is 0.268 e. The predicted octanol–water partition coefficient (Wildman–Crippen LogP) is 3.48. The second-order valence-electron chi connectivity index (χ2n) is 6.49. The quantitative estimate of drug-likeness (QED) is 0.851. The van der Waals surface area contributed by atoms with Gasteiger partial charge in [-0.25, -0.2) is 0 Å². The number of amides is 1. The zero-order valence-corrected chi connectivity index (χ0v) is 14.4. The van der Waals surface area contributed by atoms with Gasteiger partial charge in [-0.3, -0.25) is 14.9 Å². The lowest BCUT2D eigenvalue weighted by Crippen LogP contribution is -2.27. The highest BCUT2D eigenvalue weighted by molar-refractivity contribution is 5.93. The molecule has 1 N–H and O–H groups in total. The van der Waals surface area contributed by atoms with E-state index in [0.717, 1.165) is 16.7 Å². The first-order valence-electron chi connectivity index (χ1n) is 8.39. The van der Waals surface area contributed by atoms with E-state index in [4.69, 9.17) is 4.74 Å². The summed E-state index contributed by atoms with van der Waals surface area (Å²) in [7, 11) is 0. The maximum atomic E-state index is 12.2. The van der Waals surface area contributed by atoms with Gasteiger partial charge in [0.05, 0.1) is 0 Å². The third-order valence-electron chi connectivity index (χ3n) is 4.10. The minimum atomic E-state index is -0.524. The van der Waals surface area contributed by atoms with Crippen molar-refractivity contribution < 1.29 is 14.3 Å². The molecule has 0 saturated carbocycles. The van der Waals surface area contributed by atoms with Gasteiger partial charge in [0.15, 0.2) is 17.8 Å². The fraction of sp³-hybridized carbons (Fsp3) is 0.238. The number of ketones is 1. The fourth-order valence-corrected chi connectivity index (χ4v) is 2.77. The summed E-state index contributed by atoms with van der Waals surface area (Å²) in [5.41, 5.74) is 3.18. The van der Waals surface area contributed by atoms with E-state index in [9.17, 15) is 9.59 Å².